The molecule has 0 bridgehead atoms. The Morgan fingerprint density at radius 3 is 2.27 bits per heavy atom. The molecule has 8 heteroatoms. The van der Waals surface area contributed by atoms with Gasteiger partial charge in [0.15, 0.2) is 5.65 Å². The van der Waals surface area contributed by atoms with E-state index in [2.05, 4.69) is 10.1 Å². The second-order valence-electron chi connectivity index (χ2n) is 6.21. The van der Waals surface area contributed by atoms with Gasteiger partial charge < -0.3 is 4.90 Å². The van der Waals surface area contributed by atoms with E-state index < -0.39 is 9.84 Å². The molecule has 3 aromatic rings. The third-order valence-corrected chi connectivity index (χ3v) is 6.12. The molecule has 6 nitrogen and oxygen atoms in total. The van der Waals surface area contributed by atoms with Crippen LogP contribution in [0.4, 0.5) is 5.69 Å². The number of aromatic nitrogens is 3. The molecule has 0 radical (unpaired) electrons. The highest BCUT2D eigenvalue weighted by Gasteiger charge is 2.29. The van der Waals surface area contributed by atoms with Gasteiger partial charge in [0.25, 0.3) is 0 Å². The second-order valence-corrected chi connectivity index (χ2v) is 8.09. The number of rotatable bonds is 4. The zero-order chi connectivity index (χ0) is 18.4. The molecule has 3 rings (SSSR count). The topological polar surface area (TPSA) is 67.6 Å². The molecule has 0 saturated carbocycles. The Morgan fingerprint density at radius 2 is 1.73 bits per heavy atom. The smallest absolute Gasteiger partial charge is 0.212 e. The summed E-state index contributed by atoms with van der Waals surface area (Å²) in [4.78, 5) is 7.03. The highest BCUT2D eigenvalue weighted by Crippen LogP contribution is 2.31. The average molecular weight is 395 g/mol. The molecule has 2 aromatic heterocycles. The van der Waals surface area contributed by atoms with Crippen LogP contribution in [0.1, 0.15) is 24.0 Å². The van der Waals surface area contributed by atoms with Gasteiger partial charge in [-0.15, -0.1) is 12.4 Å². The summed E-state index contributed by atoms with van der Waals surface area (Å²) in [5.74, 6) is 0. The first-order chi connectivity index (χ1) is 11.8. The van der Waals surface area contributed by atoms with Crippen LogP contribution in [0.5, 0.6) is 0 Å². The molecule has 0 N–H and O–H groups in total. The third-order valence-electron chi connectivity index (χ3n) is 4.27. The molecule has 0 fully saturated rings. The van der Waals surface area contributed by atoms with E-state index in [1.54, 1.807) is 34.8 Å². The van der Waals surface area contributed by atoms with Crippen molar-refractivity contribution in [2.24, 2.45) is 0 Å². The van der Waals surface area contributed by atoms with Gasteiger partial charge in [0.05, 0.1) is 27.7 Å². The maximum Gasteiger partial charge on any atom is 0.212 e. The van der Waals surface area contributed by atoms with Crippen LogP contribution in [0.2, 0.25) is 0 Å². The van der Waals surface area contributed by atoms with Gasteiger partial charge in [-0.2, -0.15) is 5.10 Å². The Labute approximate surface area is 160 Å². The fraction of sp³-hybridized carbons (Fsp3) is 0.333. The van der Waals surface area contributed by atoms with E-state index in [0.29, 0.717) is 17.8 Å². The normalized spacial score (nSPS) is 11.4. The lowest BCUT2D eigenvalue weighted by atomic mass is 10.2. The van der Waals surface area contributed by atoms with Gasteiger partial charge >= 0.3 is 0 Å². The number of benzene rings is 1. The number of halogens is 1. The number of aryl methyl sites for hydroxylation is 3. The summed E-state index contributed by atoms with van der Waals surface area (Å²) in [6.45, 7) is 5.73. The Kier molecular flexibility index (Phi) is 5.63. The summed E-state index contributed by atoms with van der Waals surface area (Å²) in [6, 6.07) is 8.45. The molecule has 140 valence electrons. The molecule has 0 amide bonds. The summed E-state index contributed by atoms with van der Waals surface area (Å²) in [5, 5.41) is 4.55. The van der Waals surface area contributed by atoms with Crippen molar-refractivity contribution in [2.45, 2.75) is 37.0 Å². The standard InChI is InChI=1S/C18H22N4O2S.ClH/c1-6-15-17(25(23,24)14-10-8-7-9-11-14)18-19-12(2)16(21(4)5)13(3)22(18)20-15;/h7-11H,6H2,1-5H3;1H. The first-order valence-corrected chi connectivity index (χ1v) is 9.63. The van der Waals surface area contributed by atoms with Crippen LogP contribution in [0.3, 0.4) is 0 Å². The maximum absolute atomic E-state index is 13.2. The third kappa shape index (κ3) is 3.05. The molecule has 2 heterocycles. The van der Waals surface area contributed by atoms with Crippen LogP contribution < -0.4 is 4.90 Å². The Balaban J connectivity index is 0.00000243. The monoisotopic (exact) mass is 394 g/mol. The Morgan fingerprint density at radius 1 is 1.12 bits per heavy atom. The summed E-state index contributed by atoms with van der Waals surface area (Å²) < 4.78 is 28.1. The minimum atomic E-state index is -3.69. The lowest BCUT2D eigenvalue weighted by Crippen LogP contribution is -2.16. The van der Waals surface area contributed by atoms with Crippen molar-refractivity contribution in [1.29, 1.82) is 0 Å². The predicted molar refractivity (Wildman–Crippen MR) is 105 cm³/mol. The first kappa shape index (κ1) is 20.2. The molecule has 0 aliphatic carbocycles. The SMILES string of the molecule is CCc1nn2c(C)c(N(C)C)c(C)nc2c1S(=O)(=O)c1ccccc1.Cl. The first-order valence-electron chi connectivity index (χ1n) is 8.15. The highest BCUT2D eigenvalue weighted by molar-refractivity contribution is 7.91. The largest absolute Gasteiger partial charge is 0.375 e. The van der Waals surface area contributed by atoms with Crippen molar-refractivity contribution >= 4 is 33.6 Å². The lowest BCUT2D eigenvalue weighted by Gasteiger charge is -2.18. The molecule has 0 spiro atoms. The van der Waals surface area contributed by atoms with E-state index in [1.165, 1.54) is 0 Å². The zero-order valence-electron chi connectivity index (χ0n) is 15.5. The molecule has 1 aromatic carbocycles. The van der Waals surface area contributed by atoms with Crippen molar-refractivity contribution in [3.8, 4) is 0 Å². The Bertz CT molecular complexity index is 1040. The predicted octanol–water partition coefficient (Wildman–Crippen LogP) is 3.23. The van der Waals surface area contributed by atoms with Gasteiger partial charge in [0, 0.05) is 14.1 Å². The van der Waals surface area contributed by atoms with Gasteiger partial charge in [0.1, 0.15) is 4.90 Å². The van der Waals surface area contributed by atoms with E-state index in [4.69, 9.17) is 0 Å². The molecule has 0 atom stereocenters. The summed E-state index contributed by atoms with van der Waals surface area (Å²) in [7, 11) is 0.187. The van der Waals surface area contributed by atoms with Crippen molar-refractivity contribution in [3.05, 3.63) is 47.4 Å². The van der Waals surface area contributed by atoms with Crippen molar-refractivity contribution < 1.29 is 8.42 Å². The molecular formula is C18H23ClN4O2S. The highest BCUT2D eigenvalue weighted by atomic mass is 35.5. The van der Waals surface area contributed by atoms with Gasteiger partial charge in [0.2, 0.25) is 9.84 Å². The Hall–Kier alpha value is -2.12. The van der Waals surface area contributed by atoms with Gasteiger partial charge in [-0.25, -0.2) is 17.9 Å². The number of sulfone groups is 1. The zero-order valence-corrected chi connectivity index (χ0v) is 17.1. The number of fused-ring (bicyclic) bond motifs is 1. The van der Waals surface area contributed by atoms with Crippen LogP contribution in [0.15, 0.2) is 40.1 Å². The van der Waals surface area contributed by atoms with E-state index in [9.17, 15) is 8.42 Å². The van der Waals surface area contributed by atoms with Crippen LogP contribution >= 0.6 is 12.4 Å². The van der Waals surface area contributed by atoms with Crippen molar-refractivity contribution in [2.75, 3.05) is 19.0 Å². The van der Waals surface area contributed by atoms with Crippen LogP contribution in [0.25, 0.3) is 5.65 Å². The van der Waals surface area contributed by atoms with Crippen molar-refractivity contribution in [1.82, 2.24) is 14.6 Å². The molecule has 0 unspecified atom stereocenters. The minimum absolute atomic E-state index is 0. The van der Waals surface area contributed by atoms with E-state index in [-0.39, 0.29) is 22.2 Å². The summed E-state index contributed by atoms with van der Waals surface area (Å²) >= 11 is 0. The number of nitrogens with zero attached hydrogens (tertiary/aromatic N) is 4. The average Bonchev–Trinajstić information content (AvgIpc) is 2.94. The van der Waals surface area contributed by atoms with E-state index in [0.717, 1.165) is 17.1 Å². The second kappa shape index (κ2) is 7.25. The molecule has 26 heavy (non-hydrogen) atoms. The van der Waals surface area contributed by atoms with Gasteiger partial charge in [-0.3, -0.25) is 0 Å². The van der Waals surface area contributed by atoms with Crippen LogP contribution in [0, 0.1) is 13.8 Å². The lowest BCUT2D eigenvalue weighted by molar-refractivity contribution is 0.595. The fourth-order valence-electron chi connectivity index (χ4n) is 3.22. The number of anilines is 1. The quantitative estimate of drug-likeness (QED) is 0.679. The summed E-state index contributed by atoms with van der Waals surface area (Å²) in [5.41, 5.74) is 3.52. The minimum Gasteiger partial charge on any atom is -0.375 e. The molecule has 0 aliphatic rings. The summed E-state index contributed by atoms with van der Waals surface area (Å²) in [6.07, 6.45) is 0.514. The number of hydrogen-bond acceptors (Lipinski definition) is 5. The van der Waals surface area contributed by atoms with Gasteiger partial charge in [-0.1, -0.05) is 25.1 Å². The molecule has 0 saturated heterocycles. The fourth-order valence-corrected chi connectivity index (χ4v) is 4.83. The maximum atomic E-state index is 13.2. The van der Waals surface area contributed by atoms with Crippen molar-refractivity contribution in [3.63, 3.8) is 0 Å². The van der Waals surface area contributed by atoms with Gasteiger partial charge in [-0.05, 0) is 32.4 Å². The van der Waals surface area contributed by atoms with E-state index >= 15 is 0 Å². The van der Waals surface area contributed by atoms with Crippen LogP contribution in [-0.2, 0) is 16.3 Å². The van der Waals surface area contributed by atoms with E-state index in [1.807, 2.05) is 39.8 Å². The molecular weight excluding hydrogens is 372 g/mol. The number of hydrogen-bond donors (Lipinski definition) is 0. The molecule has 0 aliphatic heterocycles. The van der Waals surface area contributed by atoms with Crippen LogP contribution in [-0.4, -0.2) is 37.1 Å².